The van der Waals surface area contributed by atoms with Gasteiger partial charge in [-0.3, -0.25) is 14.3 Å². The summed E-state index contributed by atoms with van der Waals surface area (Å²) in [7, 11) is 0. The number of hydrogen-bond donors (Lipinski definition) is 1. The Balaban J connectivity index is 1.74. The lowest BCUT2D eigenvalue weighted by molar-refractivity contribution is 0.622. The second-order valence-electron chi connectivity index (χ2n) is 6.36. The van der Waals surface area contributed by atoms with Crippen LogP contribution in [-0.4, -0.2) is 29.5 Å². The van der Waals surface area contributed by atoms with Crippen LogP contribution in [0.25, 0.3) is 17.2 Å². The second kappa shape index (κ2) is 6.25. The standard InChI is InChI=1S/C19H19FN6/c1-12-10-17(23-22-12)19-21-8-9-25(19)18-13(2)24-26(14(18)3)11-15-4-6-16(20)7-5-15/h4-10H,11H2,1-3H3,(H,22,23). The molecule has 0 bridgehead atoms. The van der Waals surface area contributed by atoms with Gasteiger partial charge < -0.3 is 0 Å². The summed E-state index contributed by atoms with van der Waals surface area (Å²) in [6.45, 7) is 6.54. The van der Waals surface area contributed by atoms with Crippen LogP contribution in [0.15, 0.2) is 42.7 Å². The number of halogens is 1. The molecule has 0 atom stereocenters. The van der Waals surface area contributed by atoms with Gasteiger partial charge in [0.15, 0.2) is 5.82 Å². The number of rotatable bonds is 4. The summed E-state index contributed by atoms with van der Waals surface area (Å²) in [6.07, 6.45) is 3.67. The zero-order valence-electron chi connectivity index (χ0n) is 14.9. The Bertz CT molecular complexity index is 1050. The minimum absolute atomic E-state index is 0.236. The first-order chi connectivity index (χ1) is 12.5. The summed E-state index contributed by atoms with van der Waals surface area (Å²) in [5.41, 5.74) is 5.67. The molecule has 1 aromatic carbocycles. The van der Waals surface area contributed by atoms with E-state index in [1.807, 2.05) is 42.3 Å². The molecular formula is C19H19FN6. The van der Waals surface area contributed by atoms with Gasteiger partial charge in [-0.25, -0.2) is 9.37 Å². The molecule has 0 fully saturated rings. The molecule has 4 aromatic rings. The van der Waals surface area contributed by atoms with Crippen molar-refractivity contribution in [2.24, 2.45) is 0 Å². The number of aryl methyl sites for hydroxylation is 2. The largest absolute Gasteiger partial charge is 0.295 e. The molecule has 0 amide bonds. The van der Waals surface area contributed by atoms with Crippen LogP contribution < -0.4 is 0 Å². The number of imidazole rings is 1. The predicted molar refractivity (Wildman–Crippen MR) is 96.6 cm³/mol. The van der Waals surface area contributed by atoms with Gasteiger partial charge in [0.1, 0.15) is 11.5 Å². The van der Waals surface area contributed by atoms with Gasteiger partial charge in [0.2, 0.25) is 0 Å². The molecule has 26 heavy (non-hydrogen) atoms. The third-order valence-corrected chi connectivity index (χ3v) is 4.41. The lowest BCUT2D eigenvalue weighted by atomic mass is 10.2. The van der Waals surface area contributed by atoms with Gasteiger partial charge in [-0.15, -0.1) is 0 Å². The quantitative estimate of drug-likeness (QED) is 0.612. The van der Waals surface area contributed by atoms with E-state index < -0.39 is 0 Å². The number of benzene rings is 1. The van der Waals surface area contributed by atoms with E-state index >= 15 is 0 Å². The van der Waals surface area contributed by atoms with Crippen LogP contribution in [0.3, 0.4) is 0 Å². The molecule has 0 aliphatic heterocycles. The summed E-state index contributed by atoms with van der Waals surface area (Å²) in [5, 5.41) is 11.9. The highest BCUT2D eigenvalue weighted by atomic mass is 19.1. The molecule has 0 saturated carbocycles. The number of nitrogens with zero attached hydrogens (tertiary/aromatic N) is 5. The van der Waals surface area contributed by atoms with Crippen LogP contribution in [0.4, 0.5) is 4.39 Å². The minimum Gasteiger partial charge on any atom is -0.295 e. The van der Waals surface area contributed by atoms with Crippen molar-refractivity contribution in [1.82, 2.24) is 29.5 Å². The van der Waals surface area contributed by atoms with Crippen LogP contribution in [0, 0.1) is 26.6 Å². The highest BCUT2D eigenvalue weighted by molar-refractivity contribution is 5.56. The zero-order chi connectivity index (χ0) is 18.3. The van der Waals surface area contributed by atoms with Crippen LogP contribution in [0.5, 0.6) is 0 Å². The zero-order valence-corrected chi connectivity index (χ0v) is 14.9. The molecule has 0 spiro atoms. The number of H-pyrrole nitrogens is 1. The van der Waals surface area contributed by atoms with Crippen molar-refractivity contribution in [3.05, 3.63) is 71.2 Å². The van der Waals surface area contributed by atoms with Gasteiger partial charge in [-0.2, -0.15) is 10.2 Å². The third-order valence-electron chi connectivity index (χ3n) is 4.41. The summed E-state index contributed by atoms with van der Waals surface area (Å²) in [5.74, 6) is 0.530. The number of aromatic amines is 1. The van der Waals surface area contributed by atoms with E-state index in [-0.39, 0.29) is 5.82 Å². The summed E-state index contributed by atoms with van der Waals surface area (Å²) < 4.78 is 17.1. The molecule has 3 aromatic heterocycles. The lowest BCUT2D eigenvalue weighted by Gasteiger charge is -2.08. The summed E-state index contributed by atoms with van der Waals surface area (Å²) in [4.78, 5) is 4.46. The van der Waals surface area contributed by atoms with Crippen LogP contribution in [0.2, 0.25) is 0 Å². The number of nitrogens with one attached hydrogen (secondary N) is 1. The second-order valence-corrected chi connectivity index (χ2v) is 6.36. The van der Waals surface area contributed by atoms with Crippen molar-refractivity contribution in [1.29, 1.82) is 0 Å². The fourth-order valence-electron chi connectivity index (χ4n) is 3.16. The van der Waals surface area contributed by atoms with E-state index in [9.17, 15) is 4.39 Å². The van der Waals surface area contributed by atoms with Gasteiger partial charge in [0.25, 0.3) is 0 Å². The molecule has 1 N–H and O–H groups in total. The number of aromatic nitrogens is 6. The van der Waals surface area contributed by atoms with Gasteiger partial charge in [-0.1, -0.05) is 12.1 Å². The van der Waals surface area contributed by atoms with E-state index in [4.69, 9.17) is 0 Å². The molecule has 132 valence electrons. The first kappa shape index (κ1) is 16.3. The molecule has 7 heteroatoms. The monoisotopic (exact) mass is 350 g/mol. The van der Waals surface area contributed by atoms with Crippen molar-refractivity contribution < 1.29 is 4.39 Å². The van der Waals surface area contributed by atoms with Gasteiger partial charge in [-0.05, 0) is 44.5 Å². The van der Waals surface area contributed by atoms with Gasteiger partial charge in [0.05, 0.1) is 23.6 Å². The Kier molecular flexibility index (Phi) is 3.91. The molecule has 0 aliphatic carbocycles. The Morgan fingerprint density at radius 2 is 1.88 bits per heavy atom. The maximum absolute atomic E-state index is 13.1. The topological polar surface area (TPSA) is 64.3 Å². The van der Waals surface area contributed by atoms with Gasteiger partial charge in [0, 0.05) is 18.1 Å². The molecule has 0 saturated heterocycles. The van der Waals surface area contributed by atoms with Crippen molar-refractivity contribution in [2.75, 3.05) is 0 Å². The van der Waals surface area contributed by atoms with Crippen LogP contribution in [0.1, 0.15) is 22.6 Å². The normalized spacial score (nSPS) is 11.2. The molecule has 0 unspecified atom stereocenters. The van der Waals surface area contributed by atoms with Crippen LogP contribution in [-0.2, 0) is 6.54 Å². The SMILES string of the molecule is Cc1cc(-c2nccn2-c2c(C)nn(Cc3ccc(F)cc3)c2C)n[nH]1. The molecule has 0 radical (unpaired) electrons. The minimum atomic E-state index is -0.236. The summed E-state index contributed by atoms with van der Waals surface area (Å²) in [6, 6.07) is 8.46. The first-order valence-corrected chi connectivity index (χ1v) is 8.37. The fourth-order valence-corrected chi connectivity index (χ4v) is 3.16. The van der Waals surface area contributed by atoms with E-state index in [2.05, 4.69) is 20.3 Å². The Morgan fingerprint density at radius 1 is 1.12 bits per heavy atom. The fraction of sp³-hybridized carbons (Fsp3) is 0.211. The van der Waals surface area contributed by atoms with E-state index in [0.29, 0.717) is 6.54 Å². The van der Waals surface area contributed by atoms with Gasteiger partial charge >= 0.3 is 0 Å². The first-order valence-electron chi connectivity index (χ1n) is 8.37. The molecule has 6 nitrogen and oxygen atoms in total. The van der Waals surface area contributed by atoms with E-state index in [1.165, 1.54) is 12.1 Å². The Labute approximate surface area is 150 Å². The van der Waals surface area contributed by atoms with E-state index in [1.54, 1.807) is 18.3 Å². The average Bonchev–Trinajstić information content (AvgIpc) is 3.30. The summed E-state index contributed by atoms with van der Waals surface area (Å²) >= 11 is 0. The smallest absolute Gasteiger partial charge is 0.165 e. The van der Waals surface area contributed by atoms with Crippen molar-refractivity contribution in [3.63, 3.8) is 0 Å². The highest BCUT2D eigenvalue weighted by Crippen LogP contribution is 2.25. The molecule has 4 rings (SSSR count). The van der Waals surface area contributed by atoms with Crippen LogP contribution >= 0.6 is 0 Å². The lowest BCUT2D eigenvalue weighted by Crippen LogP contribution is -2.05. The molecule has 3 heterocycles. The Hall–Kier alpha value is -3.22. The van der Waals surface area contributed by atoms with E-state index in [0.717, 1.165) is 39.9 Å². The third kappa shape index (κ3) is 2.81. The predicted octanol–water partition coefficient (Wildman–Crippen LogP) is 3.57. The average molecular weight is 350 g/mol. The Morgan fingerprint density at radius 3 is 2.58 bits per heavy atom. The highest BCUT2D eigenvalue weighted by Gasteiger charge is 2.18. The molecular weight excluding hydrogens is 331 g/mol. The maximum atomic E-state index is 13.1. The van der Waals surface area contributed by atoms with Crippen molar-refractivity contribution >= 4 is 0 Å². The van der Waals surface area contributed by atoms with Crippen molar-refractivity contribution in [2.45, 2.75) is 27.3 Å². The maximum Gasteiger partial charge on any atom is 0.165 e. The number of hydrogen-bond acceptors (Lipinski definition) is 3. The van der Waals surface area contributed by atoms with Crippen molar-refractivity contribution in [3.8, 4) is 17.2 Å². The molecule has 0 aliphatic rings.